The molecule has 0 aromatic rings. The Morgan fingerprint density at radius 3 is 2.76 bits per heavy atom. The first-order valence-corrected chi connectivity index (χ1v) is 7.18. The van der Waals surface area contributed by atoms with Crippen molar-refractivity contribution < 1.29 is 19.0 Å². The normalized spacial score (nSPS) is 39.6. The van der Waals surface area contributed by atoms with E-state index in [0.29, 0.717) is 4.83 Å². The van der Waals surface area contributed by atoms with E-state index in [0.717, 1.165) is 25.7 Å². The van der Waals surface area contributed by atoms with Crippen molar-refractivity contribution in [1.29, 1.82) is 0 Å². The van der Waals surface area contributed by atoms with Crippen molar-refractivity contribution in [2.24, 2.45) is 0 Å². The lowest BCUT2D eigenvalue weighted by molar-refractivity contribution is -0.0510. The lowest BCUT2D eigenvalue weighted by Gasteiger charge is -2.31. The van der Waals surface area contributed by atoms with Crippen LogP contribution in [0.2, 0.25) is 0 Å². The molecular formula is C12H19BrO4. The Balaban J connectivity index is 2.00. The molecule has 0 N–H and O–H groups in total. The lowest BCUT2D eigenvalue weighted by Crippen LogP contribution is -2.37. The van der Waals surface area contributed by atoms with Crippen molar-refractivity contribution in [2.75, 3.05) is 0 Å². The first kappa shape index (κ1) is 13.1. The Morgan fingerprint density at radius 2 is 2.06 bits per heavy atom. The van der Waals surface area contributed by atoms with Crippen LogP contribution < -0.4 is 0 Å². The molecule has 2 aliphatic heterocycles. The van der Waals surface area contributed by atoms with Gasteiger partial charge in [0.2, 0.25) is 0 Å². The first-order chi connectivity index (χ1) is 8.10. The fourth-order valence-corrected chi connectivity index (χ4v) is 2.87. The number of carbonyl (C=O) groups is 1. The van der Waals surface area contributed by atoms with Gasteiger partial charge < -0.3 is 14.2 Å². The minimum absolute atomic E-state index is 0.0899. The SMILES string of the molecule is CC[C@H](Br)[C@@H]1CC[C@H]2OC(=O)O[C@@H]2C[C@@H](C)O1. The molecule has 0 radical (unpaired) electrons. The van der Waals surface area contributed by atoms with E-state index < -0.39 is 6.16 Å². The number of fused-ring (bicyclic) bond motifs is 1. The number of rotatable bonds is 2. The van der Waals surface area contributed by atoms with Gasteiger partial charge in [-0.15, -0.1) is 0 Å². The van der Waals surface area contributed by atoms with E-state index >= 15 is 0 Å². The number of hydrogen-bond acceptors (Lipinski definition) is 4. The monoisotopic (exact) mass is 306 g/mol. The number of halogens is 1. The molecule has 5 heteroatoms. The summed E-state index contributed by atoms with van der Waals surface area (Å²) >= 11 is 3.65. The molecule has 4 nitrogen and oxygen atoms in total. The van der Waals surface area contributed by atoms with Crippen molar-refractivity contribution >= 4 is 22.1 Å². The maximum atomic E-state index is 11.1. The zero-order chi connectivity index (χ0) is 12.4. The highest BCUT2D eigenvalue weighted by Gasteiger charge is 2.40. The second-order valence-electron chi connectivity index (χ2n) is 4.79. The molecule has 0 spiro atoms. The summed E-state index contributed by atoms with van der Waals surface area (Å²) in [5, 5.41) is 0. The highest BCUT2D eigenvalue weighted by atomic mass is 79.9. The van der Waals surface area contributed by atoms with Gasteiger partial charge in [-0.3, -0.25) is 0 Å². The van der Waals surface area contributed by atoms with E-state index in [1.54, 1.807) is 0 Å². The van der Waals surface area contributed by atoms with Gasteiger partial charge in [0, 0.05) is 11.2 Å². The van der Waals surface area contributed by atoms with Crippen LogP contribution >= 0.6 is 15.9 Å². The third kappa shape index (κ3) is 3.13. The van der Waals surface area contributed by atoms with Crippen LogP contribution in [-0.4, -0.2) is 35.4 Å². The van der Waals surface area contributed by atoms with Crippen LogP contribution in [0.25, 0.3) is 0 Å². The summed E-state index contributed by atoms with van der Waals surface area (Å²) in [5.74, 6) is 0. The summed E-state index contributed by atoms with van der Waals surface area (Å²) in [6, 6.07) is 0. The van der Waals surface area contributed by atoms with E-state index in [-0.39, 0.29) is 24.4 Å². The Labute approximate surface area is 110 Å². The van der Waals surface area contributed by atoms with E-state index in [9.17, 15) is 4.79 Å². The molecule has 2 fully saturated rings. The quantitative estimate of drug-likeness (QED) is 0.581. The zero-order valence-corrected chi connectivity index (χ0v) is 11.8. The molecular weight excluding hydrogens is 288 g/mol. The number of ether oxygens (including phenoxy) is 3. The van der Waals surface area contributed by atoms with Crippen molar-refractivity contribution in [2.45, 2.75) is 68.8 Å². The molecule has 2 rings (SSSR count). The summed E-state index contributed by atoms with van der Waals surface area (Å²) in [6.45, 7) is 4.16. The van der Waals surface area contributed by atoms with Gasteiger partial charge in [0.25, 0.3) is 0 Å². The summed E-state index contributed by atoms with van der Waals surface area (Å²) in [4.78, 5) is 11.5. The molecule has 2 saturated heterocycles. The summed E-state index contributed by atoms with van der Waals surface area (Å²) in [7, 11) is 0. The lowest BCUT2D eigenvalue weighted by atomic mass is 9.97. The zero-order valence-electron chi connectivity index (χ0n) is 10.2. The average Bonchev–Trinajstić information content (AvgIpc) is 2.60. The molecule has 5 atom stereocenters. The molecule has 0 aromatic carbocycles. The molecule has 98 valence electrons. The van der Waals surface area contributed by atoms with Crippen LogP contribution in [0.4, 0.5) is 4.79 Å². The third-order valence-corrected chi connectivity index (χ3v) is 4.65. The summed E-state index contributed by atoms with van der Waals surface area (Å²) in [5.41, 5.74) is 0. The van der Waals surface area contributed by atoms with Crippen LogP contribution in [-0.2, 0) is 14.2 Å². The molecule has 0 aromatic heterocycles. The molecule has 2 aliphatic rings. The molecule has 0 amide bonds. The maximum absolute atomic E-state index is 11.1. The second-order valence-corrected chi connectivity index (χ2v) is 5.96. The number of alkyl halides is 1. The maximum Gasteiger partial charge on any atom is 0.509 e. The van der Waals surface area contributed by atoms with Crippen molar-refractivity contribution in [3.63, 3.8) is 0 Å². The molecule has 0 bridgehead atoms. The van der Waals surface area contributed by atoms with E-state index in [2.05, 4.69) is 22.9 Å². The molecule has 0 aliphatic carbocycles. The van der Waals surface area contributed by atoms with Crippen molar-refractivity contribution in [3.05, 3.63) is 0 Å². The van der Waals surface area contributed by atoms with E-state index in [1.807, 2.05) is 6.92 Å². The highest BCUT2D eigenvalue weighted by molar-refractivity contribution is 9.09. The second kappa shape index (κ2) is 5.57. The summed E-state index contributed by atoms with van der Waals surface area (Å²) in [6.07, 6.45) is 2.99. The highest BCUT2D eigenvalue weighted by Crippen LogP contribution is 2.30. The van der Waals surface area contributed by atoms with Crippen molar-refractivity contribution in [1.82, 2.24) is 0 Å². The van der Waals surface area contributed by atoms with Crippen LogP contribution in [0.5, 0.6) is 0 Å². The Kier molecular flexibility index (Phi) is 4.31. The molecule has 0 unspecified atom stereocenters. The van der Waals surface area contributed by atoms with Gasteiger partial charge in [0.15, 0.2) is 0 Å². The minimum atomic E-state index is -0.531. The van der Waals surface area contributed by atoms with Gasteiger partial charge in [-0.2, -0.15) is 0 Å². The Morgan fingerprint density at radius 1 is 1.35 bits per heavy atom. The third-order valence-electron chi connectivity index (χ3n) is 3.41. The molecule has 0 saturated carbocycles. The van der Waals surface area contributed by atoms with Gasteiger partial charge in [0.05, 0.1) is 12.2 Å². The van der Waals surface area contributed by atoms with E-state index in [1.165, 1.54) is 0 Å². The minimum Gasteiger partial charge on any atom is -0.427 e. The standard InChI is InChI=1S/C12H19BrO4/c1-3-8(13)9-4-5-10-11(6-7(2)15-9)17-12(14)16-10/h7-11H,3-6H2,1-2H3/t7-,8+,9+,10-,11-/m1/s1. The number of carbonyl (C=O) groups excluding carboxylic acids is 1. The van der Waals surface area contributed by atoms with Gasteiger partial charge in [-0.05, 0) is 26.2 Å². The van der Waals surface area contributed by atoms with Crippen LogP contribution in [0.1, 0.15) is 39.5 Å². The predicted octanol–water partition coefficient (Wildman–Crippen LogP) is 3.02. The van der Waals surface area contributed by atoms with E-state index in [4.69, 9.17) is 14.2 Å². The topological polar surface area (TPSA) is 44.8 Å². The van der Waals surface area contributed by atoms with Crippen LogP contribution in [0, 0.1) is 0 Å². The first-order valence-electron chi connectivity index (χ1n) is 6.27. The Hall–Kier alpha value is -0.290. The van der Waals surface area contributed by atoms with Crippen LogP contribution in [0.3, 0.4) is 0 Å². The van der Waals surface area contributed by atoms with Crippen molar-refractivity contribution in [3.8, 4) is 0 Å². The number of hydrogen-bond donors (Lipinski definition) is 0. The van der Waals surface area contributed by atoms with Gasteiger partial charge in [0.1, 0.15) is 12.2 Å². The Bertz CT molecular complexity index is 284. The van der Waals surface area contributed by atoms with Gasteiger partial charge in [-0.1, -0.05) is 22.9 Å². The molecule has 2 heterocycles. The predicted molar refractivity (Wildman–Crippen MR) is 66.3 cm³/mol. The average molecular weight is 307 g/mol. The fourth-order valence-electron chi connectivity index (χ4n) is 2.48. The largest absolute Gasteiger partial charge is 0.509 e. The smallest absolute Gasteiger partial charge is 0.427 e. The fraction of sp³-hybridized carbons (Fsp3) is 0.917. The van der Waals surface area contributed by atoms with Crippen LogP contribution in [0.15, 0.2) is 0 Å². The molecule has 17 heavy (non-hydrogen) atoms. The summed E-state index contributed by atoms with van der Waals surface area (Å²) < 4.78 is 16.3. The van der Waals surface area contributed by atoms with Gasteiger partial charge >= 0.3 is 6.16 Å². The van der Waals surface area contributed by atoms with Gasteiger partial charge in [-0.25, -0.2) is 4.79 Å².